The van der Waals surface area contributed by atoms with Gasteiger partial charge in [0.1, 0.15) is 5.82 Å². The van der Waals surface area contributed by atoms with Crippen LogP contribution in [-0.4, -0.2) is 33.3 Å². The number of nitrogens with one attached hydrogen (secondary N) is 2. The molecule has 0 aliphatic rings. The molecule has 66 valence electrons. The number of anilines is 1. The summed E-state index contributed by atoms with van der Waals surface area (Å²) in [6.07, 6.45) is 0.447. The lowest BCUT2D eigenvalue weighted by molar-refractivity contribution is -0.137. The van der Waals surface area contributed by atoms with Crippen LogP contribution in [-0.2, 0) is 11.2 Å². The van der Waals surface area contributed by atoms with Gasteiger partial charge in [-0.3, -0.25) is 9.89 Å². The van der Waals surface area contributed by atoms with Gasteiger partial charge in [0, 0.05) is 13.5 Å². The topological polar surface area (TPSA) is 90.9 Å². The summed E-state index contributed by atoms with van der Waals surface area (Å²) < 4.78 is 0. The van der Waals surface area contributed by atoms with E-state index in [4.69, 9.17) is 5.11 Å². The van der Waals surface area contributed by atoms with E-state index in [1.807, 2.05) is 0 Å². The Labute approximate surface area is 69.0 Å². The maximum atomic E-state index is 10.2. The van der Waals surface area contributed by atoms with Gasteiger partial charge < -0.3 is 10.4 Å². The van der Waals surface area contributed by atoms with Crippen molar-refractivity contribution in [1.29, 1.82) is 0 Å². The van der Waals surface area contributed by atoms with Crippen molar-refractivity contribution < 1.29 is 9.90 Å². The Kier molecular flexibility index (Phi) is 2.62. The van der Waals surface area contributed by atoms with Crippen molar-refractivity contribution in [3.8, 4) is 0 Å². The number of aryl methyl sites for hydroxylation is 1. The highest BCUT2D eigenvalue weighted by Crippen LogP contribution is 1.99. The minimum Gasteiger partial charge on any atom is -0.481 e. The van der Waals surface area contributed by atoms with E-state index in [2.05, 4.69) is 20.5 Å². The van der Waals surface area contributed by atoms with E-state index in [9.17, 15) is 4.79 Å². The number of nitrogens with zero attached hydrogens (tertiary/aromatic N) is 2. The third-order valence-electron chi connectivity index (χ3n) is 1.33. The maximum Gasteiger partial charge on any atom is 0.303 e. The normalized spacial score (nSPS) is 9.75. The highest BCUT2D eigenvalue weighted by Gasteiger charge is 2.03. The zero-order valence-corrected chi connectivity index (χ0v) is 6.66. The van der Waals surface area contributed by atoms with Gasteiger partial charge in [-0.25, -0.2) is 0 Å². The van der Waals surface area contributed by atoms with E-state index in [-0.39, 0.29) is 6.42 Å². The largest absolute Gasteiger partial charge is 0.481 e. The Bertz CT molecular complexity index is 270. The number of carbonyl (C=O) groups is 1. The molecule has 0 radical (unpaired) electrons. The summed E-state index contributed by atoms with van der Waals surface area (Å²) in [5, 5.41) is 17.5. The molecule has 0 atom stereocenters. The molecule has 6 nitrogen and oxygen atoms in total. The number of H-pyrrole nitrogens is 1. The molecular formula is C6H10N4O2. The first kappa shape index (κ1) is 8.51. The number of aliphatic carboxylic acids is 1. The van der Waals surface area contributed by atoms with Crippen molar-refractivity contribution in [2.24, 2.45) is 0 Å². The van der Waals surface area contributed by atoms with Gasteiger partial charge in [0.15, 0.2) is 0 Å². The molecule has 3 N–H and O–H groups in total. The Hall–Kier alpha value is -1.59. The van der Waals surface area contributed by atoms with Crippen LogP contribution in [0.4, 0.5) is 5.95 Å². The number of hydrogen-bond donors (Lipinski definition) is 3. The van der Waals surface area contributed by atoms with Crippen LogP contribution in [0.15, 0.2) is 0 Å². The second kappa shape index (κ2) is 3.70. The Balaban J connectivity index is 2.47. The average molecular weight is 170 g/mol. The van der Waals surface area contributed by atoms with E-state index in [1.54, 1.807) is 7.05 Å². The molecule has 0 aliphatic carbocycles. The fraction of sp³-hybridized carbons (Fsp3) is 0.500. The first-order valence-electron chi connectivity index (χ1n) is 3.53. The quantitative estimate of drug-likeness (QED) is 0.585. The van der Waals surface area contributed by atoms with Crippen molar-refractivity contribution in [3.05, 3.63) is 5.82 Å². The first-order chi connectivity index (χ1) is 5.72. The standard InChI is InChI=1S/C6H10N4O2/c1-7-6-8-4(9-10-6)2-3-5(11)12/h2-3H2,1H3,(H,11,12)(H2,7,8,9,10). The van der Waals surface area contributed by atoms with Gasteiger partial charge in [-0.15, -0.1) is 5.10 Å². The summed E-state index contributed by atoms with van der Waals surface area (Å²) in [6.45, 7) is 0. The summed E-state index contributed by atoms with van der Waals surface area (Å²) in [7, 11) is 1.70. The fourth-order valence-corrected chi connectivity index (χ4v) is 0.744. The lowest BCUT2D eigenvalue weighted by atomic mass is 10.3. The maximum absolute atomic E-state index is 10.2. The van der Waals surface area contributed by atoms with Crippen molar-refractivity contribution in [3.63, 3.8) is 0 Å². The molecule has 0 bridgehead atoms. The van der Waals surface area contributed by atoms with Crippen molar-refractivity contribution in [2.75, 3.05) is 12.4 Å². The molecule has 0 unspecified atom stereocenters. The van der Waals surface area contributed by atoms with Gasteiger partial charge >= 0.3 is 5.97 Å². The molecule has 0 fully saturated rings. The van der Waals surface area contributed by atoms with Crippen LogP contribution >= 0.6 is 0 Å². The van der Waals surface area contributed by atoms with Crippen LogP contribution < -0.4 is 5.32 Å². The van der Waals surface area contributed by atoms with Crippen molar-refractivity contribution in [2.45, 2.75) is 12.8 Å². The molecule has 6 heteroatoms. The molecule has 0 spiro atoms. The summed E-state index contributed by atoms with van der Waals surface area (Å²) in [6, 6.07) is 0. The predicted molar refractivity (Wildman–Crippen MR) is 41.9 cm³/mol. The lowest BCUT2D eigenvalue weighted by Crippen LogP contribution is -1.98. The molecule has 1 heterocycles. The third kappa shape index (κ3) is 2.22. The van der Waals surface area contributed by atoms with Crippen molar-refractivity contribution in [1.82, 2.24) is 15.2 Å². The Morgan fingerprint density at radius 1 is 1.75 bits per heavy atom. The molecule has 0 aliphatic heterocycles. The summed E-state index contributed by atoms with van der Waals surface area (Å²) in [5.41, 5.74) is 0. The van der Waals surface area contributed by atoms with Gasteiger partial charge in [-0.05, 0) is 0 Å². The van der Waals surface area contributed by atoms with Crippen LogP contribution in [0.25, 0.3) is 0 Å². The minimum absolute atomic E-state index is 0.0678. The van der Waals surface area contributed by atoms with Crippen LogP contribution in [0, 0.1) is 0 Å². The van der Waals surface area contributed by atoms with Gasteiger partial charge in [-0.1, -0.05) is 0 Å². The number of aromatic nitrogens is 3. The minimum atomic E-state index is -0.836. The van der Waals surface area contributed by atoms with E-state index in [1.165, 1.54) is 0 Å². The Morgan fingerprint density at radius 3 is 3.00 bits per heavy atom. The van der Waals surface area contributed by atoms with E-state index < -0.39 is 5.97 Å². The molecule has 0 saturated heterocycles. The number of rotatable bonds is 4. The fourth-order valence-electron chi connectivity index (χ4n) is 0.744. The highest BCUT2D eigenvalue weighted by atomic mass is 16.4. The number of carboxylic acid groups (broad SMARTS) is 1. The molecule has 1 aromatic rings. The molecule has 0 aromatic carbocycles. The first-order valence-corrected chi connectivity index (χ1v) is 3.53. The zero-order chi connectivity index (χ0) is 8.97. The zero-order valence-electron chi connectivity index (χ0n) is 6.66. The molecule has 1 aromatic heterocycles. The summed E-state index contributed by atoms with van der Waals surface area (Å²) >= 11 is 0. The van der Waals surface area contributed by atoms with E-state index >= 15 is 0 Å². The molecular weight excluding hydrogens is 160 g/mol. The second-order valence-electron chi connectivity index (χ2n) is 2.25. The molecule has 12 heavy (non-hydrogen) atoms. The van der Waals surface area contributed by atoms with Crippen LogP contribution in [0.2, 0.25) is 0 Å². The third-order valence-corrected chi connectivity index (χ3v) is 1.33. The van der Waals surface area contributed by atoms with E-state index in [0.29, 0.717) is 18.2 Å². The predicted octanol–water partition coefficient (Wildman–Crippen LogP) is -0.136. The van der Waals surface area contributed by atoms with Crippen LogP contribution in [0.5, 0.6) is 0 Å². The molecule has 0 amide bonds. The van der Waals surface area contributed by atoms with Crippen LogP contribution in [0.1, 0.15) is 12.2 Å². The van der Waals surface area contributed by atoms with Crippen LogP contribution in [0.3, 0.4) is 0 Å². The average Bonchev–Trinajstić information content (AvgIpc) is 2.48. The second-order valence-corrected chi connectivity index (χ2v) is 2.25. The molecule has 0 saturated carbocycles. The summed E-state index contributed by atoms with van der Waals surface area (Å²) in [4.78, 5) is 14.1. The highest BCUT2D eigenvalue weighted by molar-refractivity contribution is 5.66. The van der Waals surface area contributed by atoms with Gasteiger partial charge in [-0.2, -0.15) is 4.98 Å². The molecule has 1 rings (SSSR count). The van der Waals surface area contributed by atoms with Gasteiger partial charge in [0.25, 0.3) is 0 Å². The van der Waals surface area contributed by atoms with Gasteiger partial charge in [0.05, 0.1) is 6.42 Å². The monoisotopic (exact) mass is 170 g/mol. The summed E-state index contributed by atoms with van der Waals surface area (Å²) in [5.74, 6) is 0.231. The Morgan fingerprint density at radius 2 is 2.50 bits per heavy atom. The number of hydrogen-bond acceptors (Lipinski definition) is 4. The lowest BCUT2D eigenvalue weighted by Gasteiger charge is -1.89. The number of aromatic amines is 1. The SMILES string of the molecule is CNc1n[nH]c(CCC(=O)O)n1. The van der Waals surface area contributed by atoms with Crippen molar-refractivity contribution >= 4 is 11.9 Å². The number of carboxylic acids is 1. The smallest absolute Gasteiger partial charge is 0.303 e. The van der Waals surface area contributed by atoms with Gasteiger partial charge in [0.2, 0.25) is 5.95 Å². The van der Waals surface area contributed by atoms with E-state index in [0.717, 1.165) is 0 Å².